The van der Waals surface area contributed by atoms with Gasteiger partial charge in [-0.1, -0.05) is 43.5 Å². The summed E-state index contributed by atoms with van der Waals surface area (Å²) in [5.41, 5.74) is 7.23. The molecule has 1 aliphatic rings. The fraction of sp³-hybridized carbons (Fsp3) is 0.647. The fourth-order valence-electron chi connectivity index (χ4n) is 2.80. The molecule has 1 saturated carbocycles. The van der Waals surface area contributed by atoms with Crippen LogP contribution < -0.4 is 10.5 Å². The SMILES string of the molecule is CCC(N)Cc1cccc(Cl)c1OC1CCCCCC1. The van der Waals surface area contributed by atoms with Crippen LogP contribution in [0.15, 0.2) is 18.2 Å². The maximum Gasteiger partial charge on any atom is 0.141 e. The first-order valence-electron chi connectivity index (χ1n) is 7.90. The van der Waals surface area contributed by atoms with Crippen molar-refractivity contribution in [3.05, 3.63) is 28.8 Å². The molecule has 20 heavy (non-hydrogen) atoms. The molecule has 0 heterocycles. The van der Waals surface area contributed by atoms with Crippen LogP contribution >= 0.6 is 11.6 Å². The normalized spacial score (nSPS) is 18.6. The van der Waals surface area contributed by atoms with Crippen LogP contribution in [-0.2, 0) is 6.42 Å². The molecule has 1 aromatic rings. The minimum Gasteiger partial charge on any atom is -0.489 e. The molecule has 1 fully saturated rings. The molecule has 0 aromatic heterocycles. The predicted octanol–water partition coefficient (Wildman–Crippen LogP) is 4.72. The summed E-state index contributed by atoms with van der Waals surface area (Å²) in [6.07, 6.45) is 9.58. The zero-order chi connectivity index (χ0) is 14.4. The Bertz CT molecular complexity index is 413. The van der Waals surface area contributed by atoms with Gasteiger partial charge < -0.3 is 10.5 Å². The van der Waals surface area contributed by atoms with Gasteiger partial charge in [0.25, 0.3) is 0 Å². The van der Waals surface area contributed by atoms with Crippen LogP contribution in [0.4, 0.5) is 0 Å². The highest BCUT2D eigenvalue weighted by Gasteiger charge is 2.18. The van der Waals surface area contributed by atoms with Gasteiger partial charge >= 0.3 is 0 Å². The van der Waals surface area contributed by atoms with Crippen molar-refractivity contribution >= 4 is 11.6 Å². The van der Waals surface area contributed by atoms with Gasteiger partial charge in [-0.05, 0) is 50.2 Å². The number of para-hydroxylation sites is 1. The molecule has 1 aliphatic carbocycles. The Morgan fingerprint density at radius 1 is 1.25 bits per heavy atom. The average molecular weight is 296 g/mol. The highest BCUT2D eigenvalue weighted by Crippen LogP contribution is 2.33. The summed E-state index contributed by atoms with van der Waals surface area (Å²) in [7, 11) is 0. The molecule has 1 atom stereocenters. The van der Waals surface area contributed by atoms with Gasteiger partial charge in [0.2, 0.25) is 0 Å². The van der Waals surface area contributed by atoms with Gasteiger partial charge in [0.05, 0.1) is 11.1 Å². The van der Waals surface area contributed by atoms with Gasteiger partial charge in [-0.2, -0.15) is 0 Å². The Morgan fingerprint density at radius 3 is 2.60 bits per heavy atom. The number of ether oxygens (including phenoxy) is 1. The summed E-state index contributed by atoms with van der Waals surface area (Å²) in [5.74, 6) is 0.866. The number of hydrogen-bond acceptors (Lipinski definition) is 2. The van der Waals surface area contributed by atoms with E-state index < -0.39 is 0 Å². The van der Waals surface area contributed by atoms with E-state index in [2.05, 4.69) is 13.0 Å². The second kappa shape index (κ2) is 7.90. The third-order valence-corrected chi connectivity index (χ3v) is 4.44. The zero-order valence-corrected chi connectivity index (χ0v) is 13.2. The Morgan fingerprint density at radius 2 is 1.95 bits per heavy atom. The number of hydrogen-bond donors (Lipinski definition) is 1. The minimum atomic E-state index is 0.171. The Balaban J connectivity index is 2.11. The monoisotopic (exact) mass is 295 g/mol. The van der Waals surface area contributed by atoms with Crippen molar-refractivity contribution in [1.29, 1.82) is 0 Å². The molecule has 0 saturated heterocycles. The third kappa shape index (κ3) is 4.39. The molecule has 112 valence electrons. The molecule has 2 rings (SSSR count). The molecule has 0 radical (unpaired) electrons. The summed E-state index contributed by atoms with van der Waals surface area (Å²) in [6.45, 7) is 2.11. The summed E-state index contributed by atoms with van der Waals surface area (Å²) in [5, 5.41) is 0.718. The average Bonchev–Trinajstić information content (AvgIpc) is 2.71. The van der Waals surface area contributed by atoms with Crippen molar-refractivity contribution in [2.75, 3.05) is 0 Å². The lowest BCUT2D eigenvalue weighted by molar-refractivity contribution is 0.182. The smallest absolute Gasteiger partial charge is 0.141 e. The number of benzene rings is 1. The first-order chi connectivity index (χ1) is 9.70. The summed E-state index contributed by atoms with van der Waals surface area (Å²) in [4.78, 5) is 0. The van der Waals surface area contributed by atoms with Crippen molar-refractivity contribution in [2.24, 2.45) is 5.73 Å². The zero-order valence-electron chi connectivity index (χ0n) is 12.4. The summed E-state index contributed by atoms with van der Waals surface area (Å²) >= 11 is 6.35. The predicted molar refractivity (Wildman–Crippen MR) is 85.5 cm³/mol. The molecule has 0 aliphatic heterocycles. The lowest BCUT2D eigenvalue weighted by Gasteiger charge is -2.21. The van der Waals surface area contributed by atoms with Crippen molar-refractivity contribution in [2.45, 2.75) is 70.4 Å². The standard InChI is InChI=1S/C17H26ClNO/c1-2-14(19)12-13-8-7-11-16(18)17(13)20-15-9-5-3-4-6-10-15/h7-8,11,14-15H,2-6,9-10,12,19H2,1H3. The molecule has 2 N–H and O–H groups in total. The second-order valence-corrected chi connectivity index (χ2v) is 6.24. The molecule has 0 amide bonds. The lowest BCUT2D eigenvalue weighted by Crippen LogP contribution is -2.23. The van der Waals surface area contributed by atoms with Gasteiger partial charge in [0.15, 0.2) is 0 Å². The Kier molecular flexibility index (Phi) is 6.18. The molecule has 1 aromatic carbocycles. The van der Waals surface area contributed by atoms with E-state index in [0.29, 0.717) is 6.10 Å². The van der Waals surface area contributed by atoms with Crippen molar-refractivity contribution in [3.63, 3.8) is 0 Å². The molecule has 0 spiro atoms. The van der Waals surface area contributed by atoms with E-state index >= 15 is 0 Å². The van der Waals surface area contributed by atoms with E-state index in [0.717, 1.165) is 42.0 Å². The number of rotatable bonds is 5. The van der Waals surface area contributed by atoms with E-state index in [9.17, 15) is 0 Å². The molecule has 3 heteroatoms. The topological polar surface area (TPSA) is 35.2 Å². The third-order valence-electron chi connectivity index (χ3n) is 4.14. The van der Waals surface area contributed by atoms with Gasteiger partial charge in [-0.25, -0.2) is 0 Å². The largest absolute Gasteiger partial charge is 0.489 e. The van der Waals surface area contributed by atoms with E-state index in [4.69, 9.17) is 22.1 Å². The van der Waals surface area contributed by atoms with Crippen molar-refractivity contribution in [1.82, 2.24) is 0 Å². The molecule has 1 unspecified atom stereocenters. The Labute approximate surface area is 127 Å². The van der Waals surface area contributed by atoms with Gasteiger partial charge in [0.1, 0.15) is 5.75 Å². The molecular formula is C17H26ClNO. The highest BCUT2D eigenvalue weighted by atomic mass is 35.5. The van der Waals surface area contributed by atoms with Crippen LogP contribution in [0.25, 0.3) is 0 Å². The lowest BCUT2D eigenvalue weighted by atomic mass is 10.0. The van der Waals surface area contributed by atoms with Gasteiger partial charge in [-0.3, -0.25) is 0 Å². The van der Waals surface area contributed by atoms with E-state index in [1.54, 1.807) is 0 Å². The Hall–Kier alpha value is -0.730. The van der Waals surface area contributed by atoms with Crippen LogP contribution in [0.2, 0.25) is 5.02 Å². The van der Waals surface area contributed by atoms with E-state index in [-0.39, 0.29) is 6.04 Å². The van der Waals surface area contributed by atoms with Crippen LogP contribution in [0.3, 0.4) is 0 Å². The molecular weight excluding hydrogens is 270 g/mol. The van der Waals surface area contributed by atoms with Crippen molar-refractivity contribution < 1.29 is 4.74 Å². The first kappa shape index (κ1) is 15.7. The van der Waals surface area contributed by atoms with Gasteiger partial charge in [0, 0.05) is 6.04 Å². The quantitative estimate of drug-likeness (QED) is 0.798. The van der Waals surface area contributed by atoms with Crippen LogP contribution in [-0.4, -0.2) is 12.1 Å². The van der Waals surface area contributed by atoms with Crippen molar-refractivity contribution in [3.8, 4) is 5.75 Å². The van der Waals surface area contributed by atoms with E-state index in [1.807, 2.05) is 12.1 Å². The fourth-order valence-corrected chi connectivity index (χ4v) is 3.04. The second-order valence-electron chi connectivity index (χ2n) is 5.83. The molecule has 2 nitrogen and oxygen atoms in total. The van der Waals surface area contributed by atoms with E-state index in [1.165, 1.54) is 25.7 Å². The van der Waals surface area contributed by atoms with Gasteiger partial charge in [-0.15, -0.1) is 0 Å². The summed E-state index contributed by atoms with van der Waals surface area (Å²) < 4.78 is 6.26. The summed E-state index contributed by atoms with van der Waals surface area (Å²) in [6, 6.07) is 6.16. The number of nitrogens with two attached hydrogens (primary N) is 1. The van der Waals surface area contributed by atoms with Crippen LogP contribution in [0, 0.1) is 0 Å². The molecule has 0 bridgehead atoms. The number of halogens is 1. The maximum atomic E-state index is 6.35. The first-order valence-corrected chi connectivity index (χ1v) is 8.28. The minimum absolute atomic E-state index is 0.171. The van der Waals surface area contributed by atoms with Crippen LogP contribution in [0.5, 0.6) is 5.75 Å². The maximum absolute atomic E-state index is 6.35. The highest BCUT2D eigenvalue weighted by molar-refractivity contribution is 6.32. The van der Waals surface area contributed by atoms with Crippen LogP contribution in [0.1, 0.15) is 57.4 Å².